The van der Waals surface area contributed by atoms with Crippen molar-refractivity contribution in [1.82, 2.24) is 0 Å². The summed E-state index contributed by atoms with van der Waals surface area (Å²) in [6.07, 6.45) is 1.87. The predicted molar refractivity (Wildman–Crippen MR) is 77.9 cm³/mol. The van der Waals surface area contributed by atoms with E-state index in [2.05, 4.69) is 20.8 Å². The first kappa shape index (κ1) is 15.5. The summed E-state index contributed by atoms with van der Waals surface area (Å²) in [5.74, 6) is 0.642. The Balaban J connectivity index is 2.72. The van der Waals surface area contributed by atoms with Crippen molar-refractivity contribution in [1.29, 1.82) is 0 Å². The van der Waals surface area contributed by atoms with E-state index in [1.165, 1.54) is 0 Å². The molecule has 1 rings (SSSR count). The van der Waals surface area contributed by atoms with Crippen LogP contribution < -0.4 is 5.73 Å². The Kier molecular flexibility index (Phi) is 6.69. The van der Waals surface area contributed by atoms with Gasteiger partial charge >= 0.3 is 0 Å². The molecule has 0 aliphatic carbocycles. The Morgan fingerprint density at radius 3 is 2.61 bits per heavy atom. The third kappa shape index (κ3) is 4.97. The molecule has 0 saturated heterocycles. The molecular formula is C15H24ClNO. The SMILES string of the molecule is CCC(N)C(OCCC(C)C)c1cccc(Cl)c1. The molecule has 1 aromatic rings. The zero-order valence-corrected chi connectivity index (χ0v) is 12.3. The molecule has 0 aromatic heterocycles. The van der Waals surface area contributed by atoms with Crippen LogP contribution in [-0.2, 0) is 4.74 Å². The first-order valence-corrected chi connectivity index (χ1v) is 7.05. The largest absolute Gasteiger partial charge is 0.372 e. The lowest BCUT2D eigenvalue weighted by Gasteiger charge is -2.24. The smallest absolute Gasteiger partial charge is 0.0976 e. The average Bonchev–Trinajstić information content (AvgIpc) is 2.33. The lowest BCUT2D eigenvalue weighted by Crippen LogP contribution is -2.30. The maximum atomic E-state index is 6.15. The molecule has 102 valence electrons. The van der Waals surface area contributed by atoms with Crippen LogP contribution in [0.3, 0.4) is 0 Å². The summed E-state index contributed by atoms with van der Waals surface area (Å²) >= 11 is 6.02. The van der Waals surface area contributed by atoms with Crippen LogP contribution in [0.2, 0.25) is 5.02 Å². The van der Waals surface area contributed by atoms with Gasteiger partial charge in [-0.3, -0.25) is 0 Å². The molecule has 0 saturated carbocycles. The monoisotopic (exact) mass is 269 g/mol. The third-order valence-corrected chi connectivity index (χ3v) is 3.27. The Labute approximate surface area is 115 Å². The maximum Gasteiger partial charge on any atom is 0.0976 e. The number of rotatable bonds is 7. The van der Waals surface area contributed by atoms with E-state index < -0.39 is 0 Å². The van der Waals surface area contributed by atoms with Crippen molar-refractivity contribution >= 4 is 11.6 Å². The highest BCUT2D eigenvalue weighted by atomic mass is 35.5. The molecule has 2 N–H and O–H groups in total. The van der Waals surface area contributed by atoms with Gasteiger partial charge in [0.2, 0.25) is 0 Å². The highest BCUT2D eigenvalue weighted by molar-refractivity contribution is 6.30. The van der Waals surface area contributed by atoms with Crippen LogP contribution in [0.15, 0.2) is 24.3 Å². The molecule has 0 amide bonds. The van der Waals surface area contributed by atoms with E-state index in [4.69, 9.17) is 22.1 Å². The lowest BCUT2D eigenvalue weighted by atomic mass is 10.0. The first-order valence-electron chi connectivity index (χ1n) is 6.67. The van der Waals surface area contributed by atoms with Gasteiger partial charge in [0.15, 0.2) is 0 Å². The van der Waals surface area contributed by atoms with Crippen LogP contribution in [0.4, 0.5) is 0 Å². The molecule has 0 heterocycles. The Morgan fingerprint density at radius 1 is 1.33 bits per heavy atom. The van der Waals surface area contributed by atoms with Gasteiger partial charge < -0.3 is 10.5 Å². The zero-order chi connectivity index (χ0) is 13.5. The molecule has 18 heavy (non-hydrogen) atoms. The Hall–Kier alpha value is -0.570. The first-order chi connectivity index (χ1) is 8.54. The second-order valence-corrected chi connectivity index (χ2v) is 5.54. The van der Waals surface area contributed by atoms with E-state index in [1.54, 1.807) is 0 Å². The van der Waals surface area contributed by atoms with Gasteiger partial charge in [-0.05, 0) is 36.5 Å². The quantitative estimate of drug-likeness (QED) is 0.806. The van der Waals surface area contributed by atoms with Crippen LogP contribution in [0, 0.1) is 5.92 Å². The normalized spacial score (nSPS) is 14.8. The fraction of sp³-hybridized carbons (Fsp3) is 0.600. The van der Waals surface area contributed by atoms with Crippen molar-refractivity contribution in [2.75, 3.05) is 6.61 Å². The molecule has 0 aliphatic rings. The minimum atomic E-state index is -0.0625. The number of ether oxygens (including phenoxy) is 1. The summed E-state index contributed by atoms with van der Waals surface area (Å²) in [7, 11) is 0. The number of benzene rings is 1. The van der Waals surface area contributed by atoms with Crippen molar-refractivity contribution < 1.29 is 4.74 Å². The molecule has 2 atom stereocenters. The Morgan fingerprint density at radius 2 is 2.06 bits per heavy atom. The van der Waals surface area contributed by atoms with Crippen LogP contribution in [0.1, 0.15) is 45.3 Å². The van der Waals surface area contributed by atoms with Gasteiger partial charge in [0.1, 0.15) is 0 Å². The summed E-state index contributed by atoms with van der Waals surface area (Å²) in [5, 5.41) is 0.730. The highest BCUT2D eigenvalue weighted by Crippen LogP contribution is 2.25. The number of halogens is 1. The molecule has 0 aliphatic heterocycles. The van der Waals surface area contributed by atoms with E-state index in [0.29, 0.717) is 5.92 Å². The van der Waals surface area contributed by atoms with Gasteiger partial charge in [0.05, 0.1) is 6.10 Å². The molecule has 2 unspecified atom stereocenters. The van der Waals surface area contributed by atoms with Crippen LogP contribution in [0.25, 0.3) is 0 Å². The Bertz CT molecular complexity index is 354. The highest BCUT2D eigenvalue weighted by Gasteiger charge is 2.19. The van der Waals surface area contributed by atoms with Gasteiger partial charge in [0, 0.05) is 17.7 Å². The van der Waals surface area contributed by atoms with E-state index in [1.807, 2.05) is 24.3 Å². The zero-order valence-electron chi connectivity index (χ0n) is 11.5. The van der Waals surface area contributed by atoms with Gasteiger partial charge in [0.25, 0.3) is 0 Å². The van der Waals surface area contributed by atoms with Crippen molar-refractivity contribution in [2.45, 2.75) is 45.8 Å². The van der Waals surface area contributed by atoms with Gasteiger partial charge in [-0.1, -0.05) is 44.5 Å². The second-order valence-electron chi connectivity index (χ2n) is 5.10. The number of nitrogens with two attached hydrogens (primary N) is 1. The minimum Gasteiger partial charge on any atom is -0.372 e. The van der Waals surface area contributed by atoms with E-state index in [9.17, 15) is 0 Å². The van der Waals surface area contributed by atoms with Crippen LogP contribution in [-0.4, -0.2) is 12.6 Å². The van der Waals surface area contributed by atoms with Crippen molar-refractivity contribution in [3.05, 3.63) is 34.9 Å². The summed E-state index contributed by atoms with van der Waals surface area (Å²) in [6, 6.07) is 7.79. The second kappa shape index (κ2) is 7.78. The summed E-state index contributed by atoms with van der Waals surface area (Å²) in [4.78, 5) is 0. The molecule has 0 radical (unpaired) electrons. The third-order valence-electron chi connectivity index (χ3n) is 3.03. The van der Waals surface area contributed by atoms with E-state index in [0.717, 1.165) is 30.0 Å². The van der Waals surface area contributed by atoms with Crippen molar-refractivity contribution in [2.24, 2.45) is 11.7 Å². The van der Waals surface area contributed by atoms with Gasteiger partial charge in [-0.15, -0.1) is 0 Å². The van der Waals surface area contributed by atoms with E-state index >= 15 is 0 Å². The number of hydrogen-bond acceptors (Lipinski definition) is 2. The molecule has 0 bridgehead atoms. The fourth-order valence-electron chi connectivity index (χ4n) is 1.80. The standard InChI is InChI=1S/C15H24ClNO/c1-4-14(17)15(18-9-8-11(2)3)12-6-5-7-13(16)10-12/h5-7,10-11,14-15H,4,8-9,17H2,1-3H3. The minimum absolute atomic E-state index is 0.00984. The van der Waals surface area contributed by atoms with E-state index in [-0.39, 0.29) is 12.1 Å². The fourth-order valence-corrected chi connectivity index (χ4v) is 1.99. The summed E-state index contributed by atoms with van der Waals surface area (Å²) in [6.45, 7) is 7.20. The maximum absolute atomic E-state index is 6.15. The molecule has 0 spiro atoms. The van der Waals surface area contributed by atoms with Gasteiger partial charge in [-0.25, -0.2) is 0 Å². The van der Waals surface area contributed by atoms with Gasteiger partial charge in [-0.2, -0.15) is 0 Å². The summed E-state index contributed by atoms with van der Waals surface area (Å²) < 4.78 is 5.96. The lowest BCUT2D eigenvalue weighted by molar-refractivity contribution is 0.0275. The molecule has 0 fully saturated rings. The van der Waals surface area contributed by atoms with Crippen molar-refractivity contribution in [3.8, 4) is 0 Å². The number of hydrogen-bond donors (Lipinski definition) is 1. The molecule has 1 aromatic carbocycles. The van der Waals surface area contributed by atoms with Crippen LogP contribution >= 0.6 is 11.6 Å². The van der Waals surface area contributed by atoms with Crippen LogP contribution in [0.5, 0.6) is 0 Å². The average molecular weight is 270 g/mol. The topological polar surface area (TPSA) is 35.2 Å². The molecule has 2 nitrogen and oxygen atoms in total. The van der Waals surface area contributed by atoms with Crippen molar-refractivity contribution in [3.63, 3.8) is 0 Å². The predicted octanol–water partition coefficient (Wildman–Crippen LogP) is 4.18. The summed E-state index contributed by atoms with van der Waals surface area (Å²) in [5.41, 5.74) is 7.22. The molecule has 3 heteroatoms. The molecular weight excluding hydrogens is 246 g/mol.